The lowest BCUT2D eigenvalue weighted by Crippen LogP contribution is -2.46. The van der Waals surface area contributed by atoms with Crippen molar-refractivity contribution in [2.75, 3.05) is 20.1 Å². The van der Waals surface area contributed by atoms with Crippen LogP contribution in [0.4, 0.5) is 9.18 Å². The van der Waals surface area contributed by atoms with E-state index in [1.165, 1.54) is 23.9 Å². The molecular weight excluding hydrogens is 489 g/mol. The third-order valence-corrected chi connectivity index (χ3v) is 6.67. The molecule has 0 bridgehead atoms. The molecule has 0 atom stereocenters. The van der Waals surface area contributed by atoms with Crippen LogP contribution < -0.4 is 10.9 Å². The highest BCUT2D eigenvalue weighted by atomic mass is 19.1. The van der Waals surface area contributed by atoms with Crippen molar-refractivity contribution in [3.05, 3.63) is 69.6 Å². The normalized spacial score (nSPS) is 15.1. The van der Waals surface area contributed by atoms with Gasteiger partial charge in [-0.05, 0) is 64.5 Å². The number of pyridine rings is 1. The van der Waals surface area contributed by atoms with Crippen molar-refractivity contribution in [2.45, 2.75) is 77.1 Å². The topological polar surface area (TPSA) is 97.7 Å². The number of rotatable bonds is 9. The number of aromatic nitrogens is 1. The molecule has 0 radical (unpaired) electrons. The molecule has 1 saturated heterocycles. The molecule has 9 heteroatoms. The summed E-state index contributed by atoms with van der Waals surface area (Å²) in [4.78, 5) is 51.9. The van der Waals surface area contributed by atoms with E-state index in [9.17, 15) is 19.2 Å². The molecule has 0 aliphatic carbocycles. The van der Waals surface area contributed by atoms with Crippen LogP contribution in [0.5, 0.6) is 0 Å². The van der Waals surface area contributed by atoms with Crippen molar-refractivity contribution < 1.29 is 23.5 Å². The maximum atomic E-state index is 15.3. The van der Waals surface area contributed by atoms with Gasteiger partial charge in [0, 0.05) is 38.3 Å². The number of halogens is 1. The van der Waals surface area contributed by atoms with Gasteiger partial charge in [-0.3, -0.25) is 14.4 Å². The van der Waals surface area contributed by atoms with Crippen molar-refractivity contribution in [1.29, 1.82) is 0 Å². The molecule has 0 saturated carbocycles. The highest BCUT2D eigenvalue weighted by Crippen LogP contribution is 2.32. The number of carbonyl (C=O) groups is 3. The predicted octanol–water partition coefficient (Wildman–Crippen LogP) is 4.74. The molecule has 0 spiro atoms. The Hall–Kier alpha value is -3.49. The van der Waals surface area contributed by atoms with Gasteiger partial charge in [0.05, 0.1) is 6.54 Å². The second-order valence-corrected chi connectivity index (χ2v) is 10.9. The fraction of sp³-hybridized carbons (Fsp3) is 0.517. The van der Waals surface area contributed by atoms with E-state index >= 15 is 4.39 Å². The van der Waals surface area contributed by atoms with E-state index in [-0.39, 0.29) is 42.7 Å². The summed E-state index contributed by atoms with van der Waals surface area (Å²) in [6.07, 6.45) is 3.02. The lowest BCUT2D eigenvalue weighted by atomic mass is 9.88. The first kappa shape index (κ1) is 29.1. The number of Topliss-reactive ketones (excluding diaryl/α,β-unsaturated/α-hetero) is 1. The second-order valence-electron chi connectivity index (χ2n) is 10.9. The smallest absolute Gasteiger partial charge is 0.410 e. The highest BCUT2D eigenvalue weighted by Gasteiger charge is 2.36. The minimum absolute atomic E-state index is 0.0891. The number of alkyl halides is 1. The minimum atomic E-state index is -1.38. The van der Waals surface area contributed by atoms with Crippen molar-refractivity contribution >= 4 is 17.8 Å². The first-order chi connectivity index (χ1) is 17.9. The number of benzene rings is 1. The maximum Gasteiger partial charge on any atom is 0.410 e. The first-order valence-corrected chi connectivity index (χ1v) is 13.1. The lowest BCUT2D eigenvalue weighted by molar-refractivity contribution is 0.000899. The van der Waals surface area contributed by atoms with E-state index in [1.807, 2.05) is 30.3 Å². The fourth-order valence-corrected chi connectivity index (χ4v) is 4.52. The summed E-state index contributed by atoms with van der Waals surface area (Å²) in [7, 11) is 1.43. The van der Waals surface area contributed by atoms with Gasteiger partial charge in [-0.2, -0.15) is 0 Å². The molecule has 2 heterocycles. The van der Waals surface area contributed by atoms with Gasteiger partial charge in [0.2, 0.25) is 0 Å². The Morgan fingerprint density at radius 1 is 1.08 bits per heavy atom. The van der Waals surface area contributed by atoms with Crippen LogP contribution in [0.3, 0.4) is 0 Å². The van der Waals surface area contributed by atoms with Crippen LogP contribution in [0.2, 0.25) is 0 Å². The maximum absolute atomic E-state index is 15.3. The van der Waals surface area contributed by atoms with Crippen LogP contribution in [0, 0.1) is 0 Å². The van der Waals surface area contributed by atoms with Gasteiger partial charge in [-0.15, -0.1) is 0 Å². The van der Waals surface area contributed by atoms with E-state index < -0.39 is 28.8 Å². The zero-order valence-electron chi connectivity index (χ0n) is 22.7. The van der Waals surface area contributed by atoms with Gasteiger partial charge in [-0.25, -0.2) is 9.18 Å². The number of ether oxygens (including phenoxy) is 1. The van der Waals surface area contributed by atoms with E-state index in [0.717, 1.165) is 5.56 Å². The predicted molar refractivity (Wildman–Crippen MR) is 143 cm³/mol. The summed E-state index contributed by atoms with van der Waals surface area (Å²) in [5.41, 5.74) is -1.39. The average Bonchev–Trinajstić information content (AvgIpc) is 2.87. The minimum Gasteiger partial charge on any atom is -0.444 e. The summed E-state index contributed by atoms with van der Waals surface area (Å²) in [5, 5.41) is 2.46. The molecule has 2 aromatic rings. The van der Waals surface area contributed by atoms with Gasteiger partial charge in [0.15, 0.2) is 5.78 Å². The Morgan fingerprint density at radius 3 is 2.34 bits per heavy atom. The molecule has 1 aliphatic heterocycles. The Kier molecular flexibility index (Phi) is 9.46. The number of piperidine rings is 1. The first-order valence-electron chi connectivity index (χ1n) is 13.1. The summed E-state index contributed by atoms with van der Waals surface area (Å²) < 4.78 is 22.1. The molecule has 1 aromatic carbocycles. The molecule has 206 valence electrons. The monoisotopic (exact) mass is 527 g/mol. The van der Waals surface area contributed by atoms with Gasteiger partial charge in [0.25, 0.3) is 11.5 Å². The number of likely N-dealkylation sites (tertiary alicyclic amines) is 1. The van der Waals surface area contributed by atoms with Crippen molar-refractivity contribution in [2.24, 2.45) is 0 Å². The van der Waals surface area contributed by atoms with Crippen molar-refractivity contribution in [3.8, 4) is 0 Å². The number of nitrogens with zero attached hydrogens (tertiary/aromatic N) is 2. The highest BCUT2D eigenvalue weighted by molar-refractivity contribution is 6.00. The molecule has 8 nitrogen and oxygen atoms in total. The van der Waals surface area contributed by atoms with Crippen LogP contribution in [-0.4, -0.2) is 58.7 Å². The molecule has 1 aliphatic rings. The number of carbonyl (C=O) groups excluding carboxylic acids is 3. The van der Waals surface area contributed by atoms with Crippen molar-refractivity contribution in [3.63, 3.8) is 0 Å². The summed E-state index contributed by atoms with van der Waals surface area (Å²) >= 11 is 0. The molecule has 1 N–H and O–H groups in total. The Labute approximate surface area is 223 Å². The molecule has 3 rings (SSSR count). The largest absolute Gasteiger partial charge is 0.444 e. The number of nitrogens with one attached hydrogen (secondary N) is 1. The number of unbranched alkanes of at least 4 members (excludes halogenated alkanes) is 1. The summed E-state index contributed by atoms with van der Waals surface area (Å²) in [6, 6.07) is 10.7. The third-order valence-electron chi connectivity index (χ3n) is 6.67. The number of ketones is 1. The van der Waals surface area contributed by atoms with Crippen molar-refractivity contribution in [1.82, 2.24) is 14.8 Å². The number of amides is 2. The van der Waals surface area contributed by atoms with Gasteiger partial charge < -0.3 is 19.5 Å². The van der Waals surface area contributed by atoms with Gasteiger partial charge >= 0.3 is 6.09 Å². The van der Waals surface area contributed by atoms with Crippen LogP contribution >= 0.6 is 0 Å². The van der Waals surface area contributed by atoms with Crippen LogP contribution in [-0.2, 0) is 11.3 Å². The molecule has 1 aromatic heterocycles. The van der Waals surface area contributed by atoms with E-state index in [0.29, 0.717) is 32.4 Å². The molecule has 1 fully saturated rings. The molecular formula is C29H38FN3O5. The fourth-order valence-electron chi connectivity index (χ4n) is 4.52. The summed E-state index contributed by atoms with van der Waals surface area (Å²) in [5.74, 6) is -0.756. The zero-order chi connectivity index (χ0) is 27.9. The van der Waals surface area contributed by atoms with E-state index in [4.69, 9.17) is 4.74 Å². The standard InChI is InChI=1S/C29H38FN3O5/c1-28(2,3)38-27(37)32-16-14-29(30,15-17-32)13-9-8-12-24(34)22-18-23(25(35)31-4)26(36)33(20-22)19-21-10-6-5-7-11-21/h5-7,10-11,18,20H,8-9,12-17,19H2,1-4H3,(H,31,35). The molecule has 2 amide bonds. The van der Waals surface area contributed by atoms with E-state index in [1.54, 1.807) is 25.7 Å². The van der Waals surface area contributed by atoms with Gasteiger partial charge in [-0.1, -0.05) is 30.3 Å². The SMILES string of the molecule is CNC(=O)c1cc(C(=O)CCCCC2(F)CCN(C(=O)OC(C)(C)C)CC2)cn(Cc2ccccc2)c1=O. The van der Waals surface area contributed by atoms with Crippen LogP contribution in [0.15, 0.2) is 47.4 Å². The number of hydrogen-bond acceptors (Lipinski definition) is 5. The van der Waals surface area contributed by atoms with Crippen LogP contribution in [0.1, 0.15) is 85.6 Å². The zero-order valence-corrected chi connectivity index (χ0v) is 22.7. The molecule has 0 unspecified atom stereocenters. The number of hydrogen-bond donors (Lipinski definition) is 1. The van der Waals surface area contributed by atoms with E-state index in [2.05, 4.69) is 5.32 Å². The van der Waals surface area contributed by atoms with Crippen LogP contribution in [0.25, 0.3) is 0 Å². The Balaban J connectivity index is 1.57. The Bertz CT molecular complexity index is 1190. The third kappa shape index (κ3) is 8.00. The average molecular weight is 528 g/mol. The molecule has 38 heavy (non-hydrogen) atoms. The lowest BCUT2D eigenvalue weighted by Gasteiger charge is -2.37. The summed E-state index contributed by atoms with van der Waals surface area (Å²) in [6.45, 7) is 6.23. The Morgan fingerprint density at radius 2 is 1.74 bits per heavy atom. The van der Waals surface area contributed by atoms with Gasteiger partial charge in [0.1, 0.15) is 16.8 Å². The second kappa shape index (κ2) is 12.4. The quantitative estimate of drug-likeness (QED) is 0.375.